The Bertz CT molecular complexity index is 942. The summed E-state index contributed by atoms with van der Waals surface area (Å²) < 4.78 is 32.3. The van der Waals surface area contributed by atoms with E-state index in [1.807, 2.05) is 32.0 Å². The van der Waals surface area contributed by atoms with Crippen LogP contribution in [0.5, 0.6) is 11.5 Å². The molecule has 0 bridgehead atoms. The van der Waals surface area contributed by atoms with E-state index in [1.54, 1.807) is 18.2 Å². The van der Waals surface area contributed by atoms with E-state index in [-0.39, 0.29) is 24.0 Å². The third-order valence-corrected chi connectivity index (χ3v) is 5.44. The van der Waals surface area contributed by atoms with Gasteiger partial charge in [-0.3, -0.25) is 14.6 Å². The molecule has 0 saturated carbocycles. The lowest BCUT2D eigenvalue weighted by Crippen LogP contribution is -2.50. The van der Waals surface area contributed by atoms with E-state index in [2.05, 4.69) is 15.1 Å². The summed E-state index contributed by atoms with van der Waals surface area (Å²) in [4.78, 5) is 16.7. The van der Waals surface area contributed by atoms with Crippen molar-refractivity contribution in [3.63, 3.8) is 0 Å². The molecule has 0 aliphatic carbocycles. The number of anilines is 1. The molecular formula is C24H33N3O4. The molecule has 2 aromatic carbocycles. The van der Waals surface area contributed by atoms with Gasteiger partial charge < -0.3 is 19.9 Å². The molecule has 2 aromatic rings. The van der Waals surface area contributed by atoms with Gasteiger partial charge in [-0.05, 0) is 37.1 Å². The monoisotopic (exact) mass is 431 g/mol. The number of nitrogens with zero attached hydrogens (tertiary/aromatic N) is 2. The number of amides is 1. The number of nitrogens with one attached hydrogen (secondary N) is 1. The van der Waals surface area contributed by atoms with Crippen LogP contribution in [-0.2, 0) is 4.79 Å². The lowest BCUT2D eigenvalue weighted by molar-refractivity contribution is -0.117. The zero-order chi connectivity index (χ0) is 24.7. The van der Waals surface area contributed by atoms with Gasteiger partial charge in [-0.15, -0.1) is 0 Å². The molecule has 3 rings (SSSR count). The van der Waals surface area contributed by atoms with Crippen LogP contribution in [0.25, 0.3) is 0 Å². The molecule has 1 amide bonds. The topological polar surface area (TPSA) is 74.3 Å². The minimum absolute atomic E-state index is 0.0137. The molecule has 1 saturated heterocycles. The molecule has 1 heterocycles. The molecular weight excluding hydrogens is 395 g/mol. The summed E-state index contributed by atoms with van der Waals surface area (Å²) >= 11 is 0. The lowest BCUT2D eigenvalue weighted by atomic mass is 10.1. The number of para-hydroxylation sites is 3. The van der Waals surface area contributed by atoms with Crippen molar-refractivity contribution in [2.75, 3.05) is 58.2 Å². The summed E-state index contributed by atoms with van der Waals surface area (Å²) in [5.41, 5.74) is 2.96. The van der Waals surface area contributed by atoms with Crippen molar-refractivity contribution in [3.8, 4) is 11.5 Å². The Hall–Kier alpha value is -2.61. The Kier molecular flexibility index (Phi) is 6.86. The van der Waals surface area contributed by atoms with Crippen LogP contribution in [-0.4, -0.2) is 79.8 Å². The zero-order valence-electron chi connectivity index (χ0n) is 21.1. The Morgan fingerprint density at radius 3 is 2.39 bits per heavy atom. The molecule has 0 radical (unpaired) electrons. The largest absolute Gasteiger partial charge is 0.493 e. The lowest BCUT2D eigenvalue weighted by Gasteiger charge is -2.35. The number of hydrogen-bond acceptors (Lipinski definition) is 6. The molecule has 1 aliphatic rings. The summed E-state index contributed by atoms with van der Waals surface area (Å²) in [5.74, 6) is 0.358. The van der Waals surface area contributed by atoms with Crippen LogP contribution in [0.15, 0.2) is 42.5 Å². The smallest absolute Gasteiger partial charge is 0.238 e. The number of carbonyl (C=O) groups excluding carboxylic acids is 1. The molecule has 1 fully saturated rings. The number of piperazine rings is 1. The molecule has 0 spiro atoms. The average Bonchev–Trinajstić information content (AvgIpc) is 2.76. The SMILES string of the molecule is [2H][13C]([2H])([2H])Oc1ccccc1OCC(O)CN1CCN(CC(=O)Nc2c(C)cccc2C)CC1. The van der Waals surface area contributed by atoms with Crippen LogP contribution in [0, 0.1) is 13.8 Å². The van der Waals surface area contributed by atoms with Crippen LogP contribution >= 0.6 is 0 Å². The predicted molar refractivity (Wildman–Crippen MR) is 122 cm³/mol. The highest BCUT2D eigenvalue weighted by Crippen LogP contribution is 2.25. The summed E-state index contributed by atoms with van der Waals surface area (Å²) in [6.45, 7) is 7.63. The first-order valence-electron chi connectivity index (χ1n) is 12.0. The first-order valence-corrected chi connectivity index (χ1v) is 10.5. The third-order valence-electron chi connectivity index (χ3n) is 5.44. The predicted octanol–water partition coefficient (Wildman–Crippen LogP) is 2.31. The fourth-order valence-electron chi connectivity index (χ4n) is 3.71. The van der Waals surface area contributed by atoms with E-state index in [1.165, 1.54) is 6.07 Å². The van der Waals surface area contributed by atoms with Crippen molar-refractivity contribution in [1.82, 2.24) is 9.80 Å². The number of aryl methyl sites for hydroxylation is 2. The van der Waals surface area contributed by atoms with E-state index in [0.717, 1.165) is 43.0 Å². The van der Waals surface area contributed by atoms with Gasteiger partial charge in [-0.2, -0.15) is 0 Å². The highest BCUT2D eigenvalue weighted by Gasteiger charge is 2.21. The first kappa shape index (κ1) is 19.1. The fourth-order valence-corrected chi connectivity index (χ4v) is 3.71. The summed E-state index contributed by atoms with van der Waals surface area (Å²) in [6.07, 6.45) is -0.750. The van der Waals surface area contributed by atoms with E-state index in [9.17, 15) is 9.90 Å². The Morgan fingerprint density at radius 2 is 1.71 bits per heavy atom. The number of aliphatic hydroxyl groups excluding tert-OH is 1. The van der Waals surface area contributed by atoms with Gasteiger partial charge in [0.05, 0.1) is 17.7 Å². The molecule has 1 unspecified atom stereocenters. The van der Waals surface area contributed by atoms with Crippen molar-refractivity contribution in [2.24, 2.45) is 0 Å². The summed E-state index contributed by atoms with van der Waals surface area (Å²) in [5, 5.41) is 13.4. The average molecular weight is 432 g/mol. The standard InChI is InChI=1S/C24H33N3O4/c1-18-7-6-8-19(2)24(18)25-23(29)16-27-13-11-26(12-14-27)15-20(28)17-31-22-10-5-4-9-21(22)30-3/h4-10,20,28H,11-17H2,1-3H3,(H,25,29)/i3+1D3. The van der Waals surface area contributed by atoms with Crippen molar-refractivity contribution in [1.29, 1.82) is 0 Å². The molecule has 0 aromatic heterocycles. The second-order valence-electron chi connectivity index (χ2n) is 7.91. The van der Waals surface area contributed by atoms with Crippen LogP contribution in [0.3, 0.4) is 0 Å². The van der Waals surface area contributed by atoms with Crippen LogP contribution in [0.2, 0.25) is 0 Å². The van der Waals surface area contributed by atoms with Gasteiger partial charge in [0, 0.05) is 38.4 Å². The number of ether oxygens (including phenoxy) is 2. The van der Waals surface area contributed by atoms with Crippen molar-refractivity contribution in [3.05, 3.63) is 53.6 Å². The second-order valence-corrected chi connectivity index (χ2v) is 7.91. The summed E-state index contributed by atoms with van der Waals surface area (Å²) in [7, 11) is -2.58. The van der Waals surface area contributed by atoms with Crippen molar-refractivity contribution < 1.29 is 23.5 Å². The molecule has 1 aliphatic heterocycles. The van der Waals surface area contributed by atoms with Crippen LogP contribution < -0.4 is 14.8 Å². The number of carbonyl (C=O) groups is 1. The second kappa shape index (κ2) is 11.1. The van der Waals surface area contributed by atoms with Gasteiger partial charge in [0.25, 0.3) is 0 Å². The quantitative estimate of drug-likeness (QED) is 0.594. The van der Waals surface area contributed by atoms with Crippen molar-refractivity contribution >= 4 is 11.6 Å². The van der Waals surface area contributed by atoms with Gasteiger partial charge in [-0.25, -0.2) is 0 Å². The van der Waals surface area contributed by atoms with E-state index in [0.29, 0.717) is 13.1 Å². The van der Waals surface area contributed by atoms with Crippen molar-refractivity contribution in [2.45, 2.75) is 20.0 Å². The maximum Gasteiger partial charge on any atom is 0.238 e. The minimum Gasteiger partial charge on any atom is -0.493 e. The Balaban J connectivity index is 1.40. The highest BCUT2D eigenvalue weighted by atomic mass is 16.5. The molecule has 1 atom stereocenters. The minimum atomic E-state index is -2.58. The normalized spacial score (nSPS) is 17.8. The number of aliphatic hydroxyl groups is 1. The molecule has 2 N–H and O–H groups in total. The van der Waals surface area contributed by atoms with Gasteiger partial charge in [-0.1, -0.05) is 30.3 Å². The van der Waals surface area contributed by atoms with Gasteiger partial charge in [0.2, 0.25) is 5.91 Å². The number of hydrogen-bond donors (Lipinski definition) is 2. The molecule has 168 valence electrons. The number of benzene rings is 2. The summed E-state index contributed by atoms with van der Waals surface area (Å²) in [6, 6.07) is 12.4. The Labute approximate surface area is 188 Å². The molecule has 31 heavy (non-hydrogen) atoms. The molecule has 7 nitrogen and oxygen atoms in total. The maximum atomic E-state index is 12.5. The first-order chi connectivity index (χ1) is 16.1. The van der Waals surface area contributed by atoms with E-state index < -0.39 is 13.1 Å². The Morgan fingerprint density at radius 1 is 1.06 bits per heavy atom. The van der Waals surface area contributed by atoms with Crippen LogP contribution in [0.4, 0.5) is 5.69 Å². The van der Waals surface area contributed by atoms with Gasteiger partial charge in [0.15, 0.2) is 11.5 Å². The van der Waals surface area contributed by atoms with E-state index in [4.69, 9.17) is 13.6 Å². The van der Waals surface area contributed by atoms with Gasteiger partial charge >= 0.3 is 0 Å². The fraction of sp³-hybridized carbons (Fsp3) is 0.458. The zero-order valence-corrected chi connectivity index (χ0v) is 18.1. The van der Waals surface area contributed by atoms with Crippen LogP contribution in [0.1, 0.15) is 15.2 Å². The maximum absolute atomic E-state index is 12.5. The number of rotatable bonds is 9. The third kappa shape index (κ3) is 6.69. The molecule has 7 heteroatoms. The highest BCUT2D eigenvalue weighted by molar-refractivity contribution is 5.93. The number of methoxy groups -OCH3 is 1. The van der Waals surface area contributed by atoms with Gasteiger partial charge in [0.1, 0.15) is 12.7 Å². The van der Waals surface area contributed by atoms with E-state index >= 15 is 0 Å². The number of β-amino-alcohol motifs (C(OH)–C–C–N with tert-alkyl or cyclic N) is 1.